The number of amides is 1. The number of rotatable bonds is 55. The third-order valence-electron chi connectivity index (χ3n) is 17.7. The lowest BCUT2D eigenvalue weighted by atomic mass is 9.96. The van der Waals surface area contributed by atoms with E-state index in [1.54, 1.807) is 6.08 Å². The van der Waals surface area contributed by atoms with Crippen LogP contribution in [0.25, 0.3) is 0 Å². The first-order valence-electron chi connectivity index (χ1n) is 36.3. The van der Waals surface area contributed by atoms with Crippen LogP contribution in [0.3, 0.4) is 0 Å². The van der Waals surface area contributed by atoms with Crippen LogP contribution in [-0.4, -0.2) is 193 Å². The fourth-order valence-electron chi connectivity index (χ4n) is 11.8. The first-order chi connectivity index (χ1) is 45.3. The molecule has 0 saturated carbocycles. The molecule has 0 bridgehead atoms. The van der Waals surface area contributed by atoms with Crippen LogP contribution in [0.2, 0.25) is 0 Å². The van der Waals surface area contributed by atoms with Gasteiger partial charge in [-0.2, -0.15) is 0 Å². The minimum Gasteiger partial charge on any atom is -0.394 e. The van der Waals surface area contributed by atoms with E-state index in [-0.39, 0.29) is 18.9 Å². The lowest BCUT2D eigenvalue weighted by molar-refractivity contribution is -0.379. The Morgan fingerprint density at radius 1 is 0.398 bits per heavy atom. The summed E-state index contributed by atoms with van der Waals surface area (Å²) in [6, 6.07) is -1.00. The Labute approximate surface area is 559 Å². The molecule has 19 heteroatoms. The second-order valence-corrected chi connectivity index (χ2v) is 25.6. The number of hydrogen-bond donors (Lipinski definition) is 12. The summed E-state index contributed by atoms with van der Waals surface area (Å²) >= 11 is 0. The van der Waals surface area contributed by atoms with Crippen molar-refractivity contribution in [2.24, 2.45) is 0 Å². The average molecular weight is 1320 g/mol. The van der Waals surface area contributed by atoms with Crippen molar-refractivity contribution in [3.8, 4) is 0 Å². The molecule has 538 valence electrons. The van der Waals surface area contributed by atoms with Crippen molar-refractivity contribution in [1.29, 1.82) is 0 Å². The van der Waals surface area contributed by atoms with Gasteiger partial charge in [-0.25, -0.2) is 0 Å². The molecule has 0 radical (unpaired) electrons. The highest BCUT2D eigenvalue weighted by Gasteiger charge is 2.53. The van der Waals surface area contributed by atoms with E-state index in [9.17, 15) is 61.0 Å². The maximum atomic E-state index is 13.4. The Morgan fingerprint density at radius 2 is 0.753 bits per heavy atom. The summed E-state index contributed by atoms with van der Waals surface area (Å²) in [4.78, 5) is 13.4. The molecule has 17 unspecified atom stereocenters. The number of ether oxygens (including phenoxy) is 6. The number of allylic oxidation sites excluding steroid dienone is 13. The van der Waals surface area contributed by atoms with E-state index >= 15 is 0 Å². The van der Waals surface area contributed by atoms with Crippen molar-refractivity contribution in [3.63, 3.8) is 0 Å². The molecule has 3 aliphatic heterocycles. The zero-order valence-corrected chi connectivity index (χ0v) is 57.0. The van der Waals surface area contributed by atoms with Crippen LogP contribution in [0, 0.1) is 0 Å². The van der Waals surface area contributed by atoms with Crippen LogP contribution >= 0.6 is 0 Å². The summed E-state index contributed by atoms with van der Waals surface area (Å²) in [5, 5.41) is 121. The quantitative estimate of drug-likeness (QED) is 0.0199. The smallest absolute Gasteiger partial charge is 0.220 e. The Hall–Kier alpha value is -3.03. The predicted octanol–water partition coefficient (Wildman–Crippen LogP) is 10.3. The van der Waals surface area contributed by atoms with E-state index in [0.717, 1.165) is 83.5 Å². The molecule has 0 spiro atoms. The Balaban J connectivity index is 1.45. The van der Waals surface area contributed by atoms with Gasteiger partial charge in [-0.1, -0.05) is 240 Å². The van der Waals surface area contributed by atoms with Crippen LogP contribution < -0.4 is 5.32 Å². The zero-order valence-electron chi connectivity index (χ0n) is 57.0. The number of hydrogen-bond acceptors (Lipinski definition) is 18. The molecule has 19 nitrogen and oxygen atoms in total. The summed E-state index contributed by atoms with van der Waals surface area (Å²) < 4.78 is 34.4. The highest BCUT2D eigenvalue weighted by molar-refractivity contribution is 5.76. The van der Waals surface area contributed by atoms with Gasteiger partial charge < -0.3 is 89.9 Å². The fraction of sp³-hybridized carbons (Fsp3) is 0.797. The summed E-state index contributed by atoms with van der Waals surface area (Å²) in [6.07, 6.45) is 44.1. The molecule has 3 heterocycles. The zero-order chi connectivity index (χ0) is 67.5. The SMILES string of the molecule is CC/C=C\C/C=C\C/C=C\C/C=C\CCCCCCCCCCCCC(=O)NC(COC1OC(CO)C(OC2OC(CO)C(OC3OC(CO)C(O)C(O)C3O)C(O)C2O)C(O)C1O)C(O)/C=C/CC/C=C/CC/C=C/CCCCCCCCCCCCCCCCC. The van der Waals surface area contributed by atoms with Crippen molar-refractivity contribution in [3.05, 3.63) is 85.1 Å². The number of carbonyl (C=O) groups excluding carboxylic acids is 1. The summed E-state index contributed by atoms with van der Waals surface area (Å²) in [6.45, 7) is 1.60. The molecule has 0 aromatic rings. The van der Waals surface area contributed by atoms with E-state index in [4.69, 9.17) is 28.4 Å². The van der Waals surface area contributed by atoms with Gasteiger partial charge in [0.15, 0.2) is 18.9 Å². The Kier molecular flexibility index (Phi) is 49.7. The van der Waals surface area contributed by atoms with Gasteiger partial charge in [-0.3, -0.25) is 4.79 Å². The number of aliphatic hydroxyl groups excluding tert-OH is 11. The van der Waals surface area contributed by atoms with Crippen molar-refractivity contribution in [1.82, 2.24) is 5.32 Å². The van der Waals surface area contributed by atoms with Gasteiger partial charge >= 0.3 is 0 Å². The molecule has 12 N–H and O–H groups in total. The summed E-state index contributed by atoms with van der Waals surface area (Å²) in [7, 11) is 0. The first-order valence-corrected chi connectivity index (χ1v) is 36.3. The van der Waals surface area contributed by atoms with Crippen molar-refractivity contribution < 1.29 is 89.4 Å². The predicted molar refractivity (Wildman–Crippen MR) is 364 cm³/mol. The second kappa shape index (κ2) is 54.9. The van der Waals surface area contributed by atoms with Crippen molar-refractivity contribution in [2.75, 3.05) is 26.4 Å². The molecular formula is C74H129NO18. The molecule has 0 aromatic carbocycles. The standard InChI is InChI=1S/C74H129NO18/c1-3-5-7-9-11-13-15-17-19-21-23-25-27-28-30-31-33-35-37-39-41-43-45-47-49-51-58(79)57(75-62(80)52-50-48-46-44-42-40-38-36-34-32-29-26-24-22-20-18-16-14-12-10-8-6-4-2)56-88-72-68(86)65(83)70(60(54-77)90-72)93-74-69(87)66(84)71(61(55-78)91-74)92-73-67(85)64(82)63(81)59(53-76)89-73/h6,8,12,14,18,20,24,26,33,35,41,43,49,51,57-61,63-74,76-79,81-87H,3-5,7,9-11,13,15-17,19,21-23,25,27-32,34,36-40,42,44-48,50,52-56H2,1-2H3,(H,75,80)/b8-6-,14-12-,20-18-,26-24-,35-33+,43-41+,51-49+. The molecule has 1 amide bonds. The van der Waals surface area contributed by atoms with Crippen LogP contribution in [0.15, 0.2) is 85.1 Å². The van der Waals surface area contributed by atoms with Gasteiger partial charge in [0.05, 0.1) is 38.6 Å². The molecule has 3 aliphatic rings. The van der Waals surface area contributed by atoms with E-state index in [1.165, 1.54) is 128 Å². The molecule has 3 saturated heterocycles. The Bertz CT molecular complexity index is 2010. The van der Waals surface area contributed by atoms with Gasteiger partial charge in [0.2, 0.25) is 5.91 Å². The minimum absolute atomic E-state index is 0.222. The van der Waals surface area contributed by atoms with Crippen LogP contribution in [0.4, 0.5) is 0 Å². The lowest BCUT2D eigenvalue weighted by Crippen LogP contribution is -2.66. The molecular weight excluding hydrogens is 1190 g/mol. The lowest BCUT2D eigenvalue weighted by Gasteiger charge is -2.48. The number of aliphatic hydroxyl groups is 11. The highest BCUT2D eigenvalue weighted by Crippen LogP contribution is 2.33. The largest absolute Gasteiger partial charge is 0.394 e. The average Bonchev–Trinajstić information content (AvgIpc) is 0.814. The second-order valence-electron chi connectivity index (χ2n) is 25.6. The minimum atomic E-state index is -1.99. The Morgan fingerprint density at radius 3 is 1.20 bits per heavy atom. The fourth-order valence-corrected chi connectivity index (χ4v) is 11.8. The van der Waals surface area contributed by atoms with Crippen LogP contribution in [-0.2, 0) is 33.2 Å². The van der Waals surface area contributed by atoms with Crippen molar-refractivity contribution >= 4 is 5.91 Å². The summed E-state index contributed by atoms with van der Waals surface area (Å²) in [5.41, 5.74) is 0. The normalized spacial score (nSPS) is 28.0. The van der Waals surface area contributed by atoms with E-state index in [2.05, 4.69) is 92.1 Å². The van der Waals surface area contributed by atoms with Crippen molar-refractivity contribution in [2.45, 2.75) is 349 Å². The molecule has 0 aliphatic carbocycles. The van der Waals surface area contributed by atoms with Crippen LogP contribution in [0.5, 0.6) is 0 Å². The number of carbonyl (C=O) groups is 1. The number of nitrogens with one attached hydrogen (secondary N) is 1. The van der Waals surface area contributed by atoms with Crippen LogP contribution in [0.1, 0.15) is 245 Å². The third-order valence-corrected chi connectivity index (χ3v) is 17.7. The van der Waals surface area contributed by atoms with Gasteiger partial charge in [-0.15, -0.1) is 0 Å². The maximum Gasteiger partial charge on any atom is 0.220 e. The number of unbranched alkanes of at least 4 members (excludes halogenated alkanes) is 27. The van der Waals surface area contributed by atoms with E-state index in [1.807, 2.05) is 6.08 Å². The van der Waals surface area contributed by atoms with Gasteiger partial charge in [0.1, 0.15) is 73.2 Å². The molecule has 93 heavy (non-hydrogen) atoms. The third kappa shape index (κ3) is 36.4. The molecule has 0 aromatic heterocycles. The van der Waals surface area contributed by atoms with Gasteiger partial charge in [0.25, 0.3) is 0 Å². The summed E-state index contributed by atoms with van der Waals surface area (Å²) in [5.74, 6) is -0.296. The van der Waals surface area contributed by atoms with Gasteiger partial charge in [0, 0.05) is 6.42 Å². The maximum absolute atomic E-state index is 13.4. The molecule has 17 atom stereocenters. The highest BCUT2D eigenvalue weighted by atomic mass is 16.8. The first kappa shape index (κ1) is 84.2. The van der Waals surface area contributed by atoms with Gasteiger partial charge in [-0.05, 0) is 83.5 Å². The topological polar surface area (TPSA) is 307 Å². The van der Waals surface area contributed by atoms with E-state index < -0.39 is 124 Å². The van der Waals surface area contributed by atoms with E-state index in [0.29, 0.717) is 12.8 Å². The molecule has 3 rings (SSSR count). The monoisotopic (exact) mass is 1320 g/mol. The molecule has 3 fully saturated rings.